The van der Waals surface area contributed by atoms with E-state index >= 15 is 0 Å². The average molecular weight is 306 g/mol. The molecule has 0 unspecified atom stereocenters. The maximum absolute atomic E-state index is 4.56. The zero-order valence-electron chi connectivity index (χ0n) is 13.5. The SMILES string of the molecule is Cc1cnccc1CN1CCC(c2c[nH]c3cccnc23)CC1. The molecule has 0 spiro atoms. The van der Waals surface area contributed by atoms with Crippen LogP contribution < -0.4 is 0 Å². The highest BCUT2D eigenvalue weighted by Crippen LogP contribution is 2.32. The Kier molecular flexibility index (Phi) is 3.83. The van der Waals surface area contributed by atoms with E-state index in [0.717, 1.165) is 30.7 Å². The van der Waals surface area contributed by atoms with Crippen LogP contribution in [0.25, 0.3) is 11.0 Å². The van der Waals surface area contributed by atoms with Crippen LogP contribution in [0.3, 0.4) is 0 Å². The topological polar surface area (TPSA) is 44.8 Å². The highest BCUT2D eigenvalue weighted by Gasteiger charge is 2.23. The molecular weight excluding hydrogens is 284 g/mol. The Labute approximate surface area is 136 Å². The van der Waals surface area contributed by atoms with Crippen LogP contribution >= 0.6 is 0 Å². The lowest BCUT2D eigenvalue weighted by molar-refractivity contribution is 0.204. The Balaban J connectivity index is 1.44. The number of likely N-dealkylation sites (tertiary alicyclic amines) is 1. The number of rotatable bonds is 3. The first-order chi connectivity index (χ1) is 11.3. The van der Waals surface area contributed by atoms with Gasteiger partial charge in [0.2, 0.25) is 0 Å². The highest BCUT2D eigenvalue weighted by atomic mass is 15.1. The van der Waals surface area contributed by atoms with E-state index in [-0.39, 0.29) is 0 Å². The summed E-state index contributed by atoms with van der Waals surface area (Å²) < 4.78 is 0. The van der Waals surface area contributed by atoms with Gasteiger partial charge in [0.15, 0.2) is 0 Å². The Morgan fingerprint density at radius 3 is 2.91 bits per heavy atom. The third-order valence-corrected chi connectivity index (χ3v) is 5.02. The molecule has 0 atom stereocenters. The first kappa shape index (κ1) is 14.4. The Morgan fingerprint density at radius 1 is 1.22 bits per heavy atom. The van der Waals surface area contributed by atoms with Crippen molar-refractivity contribution in [3.63, 3.8) is 0 Å². The number of aromatic amines is 1. The van der Waals surface area contributed by atoms with Crippen LogP contribution in [0.15, 0.2) is 43.0 Å². The van der Waals surface area contributed by atoms with Crippen molar-refractivity contribution >= 4 is 11.0 Å². The smallest absolute Gasteiger partial charge is 0.0913 e. The van der Waals surface area contributed by atoms with Gasteiger partial charge >= 0.3 is 0 Å². The first-order valence-electron chi connectivity index (χ1n) is 8.35. The third kappa shape index (κ3) is 2.86. The third-order valence-electron chi connectivity index (χ3n) is 5.02. The van der Waals surface area contributed by atoms with Crippen LogP contribution in [-0.2, 0) is 6.54 Å². The van der Waals surface area contributed by atoms with Gasteiger partial charge in [-0.1, -0.05) is 0 Å². The molecule has 23 heavy (non-hydrogen) atoms. The summed E-state index contributed by atoms with van der Waals surface area (Å²) in [5.74, 6) is 0.619. The lowest BCUT2D eigenvalue weighted by Gasteiger charge is -2.32. The van der Waals surface area contributed by atoms with Crippen molar-refractivity contribution in [2.24, 2.45) is 0 Å². The number of piperidine rings is 1. The molecule has 118 valence electrons. The van der Waals surface area contributed by atoms with Gasteiger partial charge in [0.1, 0.15) is 0 Å². The van der Waals surface area contributed by atoms with Gasteiger partial charge in [0.25, 0.3) is 0 Å². The molecule has 0 saturated carbocycles. The van der Waals surface area contributed by atoms with Crippen LogP contribution in [0.2, 0.25) is 0 Å². The molecule has 4 heteroatoms. The summed E-state index contributed by atoms with van der Waals surface area (Å²) >= 11 is 0. The summed E-state index contributed by atoms with van der Waals surface area (Å²) in [7, 11) is 0. The number of nitrogens with zero attached hydrogens (tertiary/aromatic N) is 3. The van der Waals surface area contributed by atoms with Gasteiger partial charge in [-0.15, -0.1) is 0 Å². The fourth-order valence-corrected chi connectivity index (χ4v) is 3.61. The number of hydrogen-bond acceptors (Lipinski definition) is 3. The quantitative estimate of drug-likeness (QED) is 0.803. The standard InChI is InChI=1S/C19H22N4/c1-14-11-20-8-4-16(14)13-23-9-5-15(6-10-23)17-12-22-18-3-2-7-21-19(17)18/h2-4,7-8,11-12,15,22H,5-6,9-10,13H2,1H3. The summed E-state index contributed by atoms with van der Waals surface area (Å²) in [5, 5.41) is 0. The molecule has 1 aliphatic rings. The van der Waals surface area contributed by atoms with Gasteiger partial charge in [-0.05, 0) is 73.7 Å². The number of fused-ring (bicyclic) bond motifs is 1. The fourth-order valence-electron chi connectivity index (χ4n) is 3.61. The van der Waals surface area contributed by atoms with Crippen LogP contribution in [0, 0.1) is 6.92 Å². The Bertz CT molecular complexity index is 800. The number of pyridine rings is 2. The second kappa shape index (κ2) is 6.13. The maximum atomic E-state index is 4.56. The number of hydrogen-bond donors (Lipinski definition) is 1. The summed E-state index contributed by atoms with van der Waals surface area (Å²) in [6, 6.07) is 6.24. The van der Waals surface area contributed by atoms with Crippen LogP contribution in [0.4, 0.5) is 0 Å². The van der Waals surface area contributed by atoms with Crippen molar-refractivity contribution in [1.29, 1.82) is 0 Å². The molecule has 1 N–H and O–H groups in total. The second-order valence-electron chi connectivity index (χ2n) is 6.50. The largest absolute Gasteiger partial charge is 0.360 e. The van der Waals surface area contributed by atoms with E-state index in [4.69, 9.17) is 0 Å². The van der Waals surface area contributed by atoms with E-state index in [9.17, 15) is 0 Å². The summed E-state index contributed by atoms with van der Waals surface area (Å²) in [6.07, 6.45) is 10.3. The molecule has 4 nitrogen and oxygen atoms in total. The zero-order valence-corrected chi connectivity index (χ0v) is 13.5. The first-order valence-corrected chi connectivity index (χ1v) is 8.35. The molecule has 0 amide bonds. The van der Waals surface area contributed by atoms with E-state index in [1.807, 2.05) is 24.7 Å². The molecule has 3 aromatic rings. The van der Waals surface area contributed by atoms with Crippen LogP contribution in [0.5, 0.6) is 0 Å². The van der Waals surface area contributed by atoms with Crippen molar-refractivity contribution in [2.75, 3.05) is 13.1 Å². The number of aryl methyl sites for hydroxylation is 1. The normalized spacial score (nSPS) is 16.9. The Morgan fingerprint density at radius 2 is 2.09 bits per heavy atom. The molecular formula is C19H22N4. The van der Waals surface area contributed by atoms with Crippen LogP contribution in [0.1, 0.15) is 35.4 Å². The van der Waals surface area contributed by atoms with Crippen molar-refractivity contribution in [3.8, 4) is 0 Å². The summed E-state index contributed by atoms with van der Waals surface area (Å²) in [5.41, 5.74) is 6.37. The van der Waals surface area contributed by atoms with Crippen molar-refractivity contribution in [3.05, 3.63) is 59.7 Å². The van der Waals surface area contributed by atoms with Gasteiger partial charge in [-0.25, -0.2) is 0 Å². The molecule has 0 bridgehead atoms. The van der Waals surface area contributed by atoms with Crippen molar-refractivity contribution in [2.45, 2.75) is 32.2 Å². The van der Waals surface area contributed by atoms with Crippen molar-refractivity contribution < 1.29 is 0 Å². The molecule has 0 aliphatic carbocycles. The van der Waals surface area contributed by atoms with Gasteiger partial charge < -0.3 is 4.98 Å². The number of H-pyrrole nitrogens is 1. The minimum absolute atomic E-state index is 0.619. The molecule has 4 heterocycles. The van der Waals surface area contributed by atoms with E-state index in [0.29, 0.717) is 5.92 Å². The molecule has 1 fully saturated rings. The highest BCUT2D eigenvalue weighted by molar-refractivity contribution is 5.79. The predicted octanol–water partition coefficient (Wildman–Crippen LogP) is 3.65. The molecule has 4 rings (SSSR count). The minimum atomic E-state index is 0.619. The molecule has 0 radical (unpaired) electrons. The zero-order chi connectivity index (χ0) is 15.6. The van der Waals surface area contributed by atoms with Gasteiger partial charge in [0.05, 0.1) is 11.0 Å². The minimum Gasteiger partial charge on any atom is -0.360 e. The van der Waals surface area contributed by atoms with E-state index in [1.54, 1.807) is 0 Å². The summed E-state index contributed by atoms with van der Waals surface area (Å²) in [4.78, 5) is 14.7. The van der Waals surface area contributed by atoms with E-state index < -0.39 is 0 Å². The summed E-state index contributed by atoms with van der Waals surface area (Å²) in [6.45, 7) is 5.47. The monoisotopic (exact) mass is 306 g/mol. The molecule has 0 aromatic carbocycles. The molecule has 1 saturated heterocycles. The lowest BCUT2D eigenvalue weighted by Crippen LogP contribution is -2.32. The fraction of sp³-hybridized carbons (Fsp3) is 0.368. The molecule has 1 aliphatic heterocycles. The lowest BCUT2D eigenvalue weighted by atomic mass is 9.90. The van der Waals surface area contributed by atoms with Gasteiger partial charge in [-0.3, -0.25) is 14.9 Å². The second-order valence-corrected chi connectivity index (χ2v) is 6.50. The predicted molar refractivity (Wildman–Crippen MR) is 92.3 cm³/mol. The number of nitrogens with one attached hydrogen (secondary N) is 1. The van der Waals surface area contributed by atoms with Crippen LogP contribution in [-0.4, -0.2) is 32.9 Å². The molecule has 3 aromatic heterocycles. The average Bonchev–Trinajstić information content (AvgIpc) is 3.02. The van der Waals surface area contributed by atoms with Crippen molar-refractivity contribution in [1.82, 2.24) is 19.9 Å². The van der Waals surface area contributed by atoms with E-state index in [1.165, 1.54) is 29.5 Å². The van der Waals surface area contributed by atoms with Gasteiger partial charge in [-0.2, -0.15) is 0 Å². The maximum Gasteiger partial charge on any atom is 0.0913 e. The van der Waals surface area contributed by atoms with E-state index in [2.05, 4.69) is 45.1 Å². The Hall–Kier alpha value is -2.20. The van der Waals surface area contributed by atoms with Gasteiger partial charge in [0, 0.05) is 31.3 Å². The number of aromatic nitrogens is 3.